The third-order valence-corrected chi connectivity index (χ3v) is 3.15. The summed E-state index contributed by atoms with van der Waals surface area (Å²) in [4.78, 5) is 0. The fraction of sp³-hybridized carbons (Fsp3) is 0.200. The zero-order valence-electron chi connectivity index (χ0n) is 11.9. The number of aromatic hydroxyl groups is 1. The lowest BCUT2D eigenvalue weighted by Gasteiger charge is -2.16. The van der Waals surface area contributed by atoms with Crippen LogP contribution in [0, 0.1) is 12.7 Å². The van der Waals surface area contributed by atoms with E-state index in [4.69, 9.17) is 5.73 Å². The van der Waals surface area contributed by atoms with Crippen molar-refractivity contribution in [2.75, 3.05) is 0 Å². The zero-order chi connectivity index (χ0) is 16.5. The van der Waals surface area contributed by atoms with Crippen LogP contribution in [0.15, 0.2) is 36.4 Å². The maximum absolute atomic E-state index is 13.7. The Bertz CT molecular complexity index is 674. The molecule has 0 aromatic heterocycles. The summed E-state index contributed by atoms with van der Waals surface area (Å²) in [6.45, 7) is 1.49. The van der Waals surface area contributed by atoms with Gasteiger partial charge < -0.3 is 15.6 Å². The Balaban J connectivity index is 0.00000264. The quantitative estimate of drug-likeness (QED) is 0.814. The second kappa shape index (κ2) is 7.06. The van der Waals surface area contributed by atoms with Crippen LogP contribution in [0.5, 0.6) is 11.5 Å². The summed E-state index contributed by atoms with van der Waals surface area (Å²) in [5.74, 6) is -1.73. The molecule has 0 aliphatic carbocycles. The predicted molar refractivity (Wildman–Crippen MR) is 79.2 cm³/mol. The number of nitrogens with two attached hydrogens (primary N) is 1. The van der Waals surface area contributed by atoms with Gasteiger partial charge in [0.05, 0.1) is 6.04 Å². The van der Waals surface area contributed by atoms with Crippen LogP contribution in [-0.2, 0) is 0 Å². The number of rotatable bonds is 3. The first-order chi connectivity index (χ1) is 10.2. The smallest absolute Gasteiger partial charge is 0.505 e. The van der Waals surface area contributed by atoms with Crippen LogP contribution in [0.1, 0.15) is 22.7 Å². The van der Waals surface area contributed by atoms with Crippen molar-refractivity contribution in [2.45, 2.75) is 19.3 Å². The SMILES string of the molecule is Cc1ccc([C@H](N)c2ccc(OC(F)(F)F)cc2)c(O)c1F.Cl. The van der Waals surface area contributed by atoms with Crippen LogP contribution in [0.3, 0.4) is 0 Å². The van der Waals surface area contributed by atoms with E-state index < -0.39 is 24.0 Å². The van der Waals surface area contributed by atoms with E-state index in [1.54, 1.807) is 0 Å². The van der Waals surface area contributed by atoms with Crippen molar-refractivity contribution in [3.05, 3.63) is 58.9 Å². The molecule has 8 heteroatoms. The number of aryl methyl sites for hydroxylation is 1. The van der Waals surface area contributed by atoms with Crippen LogP contribution in [0.4, 0.5) is 17.6 Å². The number of phenolic OH excluding ortho intramolecular Hbond substituents is 1. The highest BCUT2D eigenvalue weighted by atomic mass is 35.5. The Morgan fingerprint density at radius 3 is 2.17 bits per heavy atom. The Morgan fingerprint density at radius 1 is 1.09 bits per heavy atom. The van der Waals surface area contributed by atoms with Crippen LogP contribution >= 0.6 is 12.4 Å². The maximum Gasteiger partial charge on any atom is 0.573 e. The summed E-state index contributed by atoms with van der Waals surface area (Å²) in [7, 11) is 0. The van der Waals surface area contributed by atoms with Gasteiger partial charge in [0, 0.05) is 5.56 Å². The second-order valence-electron chi connectivity index (χ2n) is 4.73. The highest BCUT2D eigenvalue weighted by molar-refractivity contribution is 5.85. The van der Waals surface area contributed by atoms with Crippen molar-refractivity contribution in [3.8, 4) is 11.5 Å². The van der Waals surface area contributed by atoms with Gasteiger partial charge in [-0.1, -0.05) is 24.3 Å². The van der Waals surface area contributed by atoms with Gasteiger partial charge in [-0.2, -0.15) is 0 Å². The normalized spacial score (nSPS) is 12.4. The molecule has 0 heterocycles. The molecule has 0 spiro atoms. The number of phenols is 1. The molecule has 23 heavy (non-hydrogen) atoms. The largest absolute Gasteiger partial charge is 0.573 e. The number of alkyl halides is 3. The average Bonchev–Trinajstić information content (AvgIpc) is 2.43. The summed E-state index contributed by atoms with van der Waals surface area (Å²) >= 11 is 0. The van der Waals surface area contributed by atoms with Crippen LogP contribution < -0.4 is 10.5 Å². The van der Waals surface area contributed by atoms with Crippen molar-refractivity contribution in [2.24, 2.45) is 5.73 Å². The lowest BCUT2D eigenvalue weighted by Crippen LogP contribution is -2.17. The molecule has 3 N–H and O–H groups in total. The molecular weight excluding hydrogens is 338 g/mol. The van der Waals surface area contributed by atoms with E-state index in [-0.39, 0.29) is 29.3 Å². The molecule has 0 saturated carbocycles. The number of hydrogen-bond acceptors (Lipinski definition) is 3. The summed E-state index contributed by atoms with van der Waals surface area (Å²) in [6, 6.07) is 6.90. The summed E-state index contributed by atoms with van der Waals surface area (Å²) in [5.41, 5.74) is 6.75. The molecule has 2 aromatic rings. The van der Waals surface area contributed by atoms with E-state index in [1.165, 1.54) is 31.2 Å². The van der Waals surface area contributed by atoms with Gasteiger partial charge in [0.1, 0.15) is 5.75 Å². The molecule has 3 nitrogen and oxygen atoms in total. The molecular formula is C15H14ClF4NO2. The number of halogens is 5. The van der Waals surface area contributed by atoms with Crippen LogP contribution in [-0.4, -0.2) is 11.5 Å². The topological polar surface area (TPSA) is 55.5 Å². The first-order valence-electron chi connectivity index (χ1n) is 6.28. The molecule has 0 aliphatic rings. The molecule has 0 saturated heterocycles. The van der Waals surface area contributed by atoms with E-state index in [9.17, 15) is 22.7 Å². The van der Waals surface area contributed by atoms with Crippen molar-refractivity contribution >= 4 is 12.4 Å². The number of ether oxygens (including phenoxy) is 1. The Kier molecular flexibility index (Phi) is 5.85. The van der Waals surface area contributed by atoms with Gasteiger partial charge in [-0.05, 0) is 30.2 Å². The van der Waals surface area contributed by atoms with E-state index in [0.717, 1.165) is 12.1 Å². The first kappa shape index (κ1) is 19.1. The van der Waals surface area contributed by atoms with Gasteiger partial charge in [0.25, 0.3) is 0 Å². The minimum atomic E-state index is -4.78. The lowest BCUT2D eigenvalue weighted by molar-refractivity contribution is -0.274. The Hall–Kier alpha value is -1.99. The van der Waals surface area contributed by atoms with E-state index in [0.29, 0.717) is 5.56 Å². The van der Waals surface area contributed by atoms with Gasteiger partial charge in [-0.3, -0.25) is 0 Å². The molecule has 0 fully saturated rings. The van der Waals surface area contributed by atoms with Crippen LogP contribution in [0.2, 0.25) is 0 Å². The number of benzene rings is 2. The molecule has 0 unspecified atom stereocenters. The molecule has 0 aliphatic heterocycles. The zero-order valence-corrected chi connectivity index (χ0v) is 12.7. The third-order valence-electron chi connectivity index (χ3n) is 3.15. The molecule has 1 atom stereocenters. The number of hydrogen-bond donors (Lipinski definition) is 2. The molecule has 2 aromatic carbocycles. The van der Waals surface area contributed by atoms with E-state index >= 15 is 0 Å². The van der Waals surface area contributed by atoms with Gasteiger partial charge in [-0.15, -0.1) is 25.6 Å². The fourth-order valence-corrected chi connectivity index (χ4v) is 1.99. The van der Waals surface area contributed by atoms with Crippen LogP contribution in [0.25, 0.3) is 0 Å². The second-order valence-corrected chi connectivity index (χ2v) is 4.73. The van der Waals surface area contributed by atoms with Gasteiger partial charge in [0.2, 0.25) is 0 Å². The van der Waals surface area contributed by atoms with E-state index in [2.05, 4.69) is 4.74 Å². The molecule has 0 bridgehead atoms. The fourth-order valence-electron chi connectivity index (χ4n) is 1.99. The van der Waals surface area contributed by atoms with Gasteiger partial charge >= 0.3 is 6.36 Å². The highest BCUT2D eigenvalue weighted by Gasteiger charge is 2.31. The monoisotopic (exact) mass is 351 g/mol. The minimum absolute atomic E-state index is 0. The maximum atomic E-state index is 13.7. The summed E-state index contributed by atoms with van der Waals surface area (Å²) in [6.07, 6.45) is -4.78. The van der Waals surface area contributed by atoms with E-state index in [1.807, 2.05) is 0 Å². The first-order valence-corrected chi connectivity index (χ1v) is 6.28. The molecule has 0 radical (unpaired) electrons. The van der Waals surface area contributed by atoms with Crippen molar-refractivity contribution in [1.82, 2.24) is 0 Å². The average molecular weight is 352 g/mol. The molecule has 2 rings (SSSR count). The van der Waals surface area contributed by atoms with Crippen molar-refractivity contribution in [1.29, 1.82) is 0 Å². The third kappa shape index (κ3) is 4.49. The van der Waals surface area contributed by atoms with Gasteiger partial charge in [-0.25, -0.2) is 4.39 Å². The molecule has 0 amide bonds. The Labute approximate surface area is 136 Å². The minimum Gasteiger partial charge on any atom is -0.505 e. The van der Waals surface area contributed by atoms with Gasteiger partial charge in [0.15, 0.2) is 11.6 Å². The Morgan fingerprint density at radius 2 is 1.65 bits per heavy atom. The van der Waals surface area contributed by atoms with Crippen molar-refractivity contribution in [3.63, 3.8) is 0 Å². The summed E-state index contributed by atoms with van der Waals surface area (Å²) in [5, 5.41) is 9.79. The predicted octanol–water partition coefficient (Wildman–Crippen LogP) is 4.21. The lowest BCUT2D eigenvalue weighted by atomic mass is 9.97. The molecule has 126 valence electrons. The highest BCUT2D eigenvalue weighted by Crippen LogP contribution is 2.32. The van der Waals surface area contributed by atoms with Crippen molar-refractivity contribution < 1.29 is 27.4 Å². The standard InChI is InChI=1S/C15H13F4NO2.ClH/c1-8-2-7-11(14(21)12(8)16)13(20)9-3-5-10(6-4-9)22-15(17,18)19;/h2-7,13,21H,20H2,1H3;1H/t13-;/m1./s1. The summed E-state index contributed by atoms with van der Waals surface area (Å²) < 4.78 is 53.7.